The molecule has 32 heavy (non-hydrogen) atoms. The zero-order valence-electron chi connectivity index (χ0n) is 20.5. The first kappa shape index (κ1) is 26.4. The van der Waals surface area contributed by atoms with Gasteiger partial charge in [-0.2, -0.15) is 0 Å². The molecule has 0 saturated heterocycles. The van der Waals surface area contributed by atoms with Gasteiger partial charge in [0.15, 0.2) is 0 Å². The smallest absolute Gasteiger partial charge is 0.0237 e. The average molecular weight is 434 g/mol. The lowest BCUT2D eigenvalue weighted by molar-refractivity contribution is 0.250. The minimum Gasteiger partial charge on any atom is -0.295 e. The Balaban J connectivity index is 1.50. The minimum absolute atomic E-state index is 1.05. The van der Waals surface area contributed by atoms with Crippen LogP contribution < -0.4 is 0 Å². The van der Waals surface area contributed by atoms with E-state index in [1.54, 1.807) is 0 Å². The van der Waals surface area contributed by atoms with Gasteiger partial charge in [-0.1, -0.05) is 137 Å². The number of hydrogen-bond acceptors (Lipinski definition) is 1. The van der Waals surface area contributed by atoms with E-state index >= 15 is 0 Å². The van der Waals surface area contributed by atoms with Crippen LogP contribution in [0.3, 0.4) is 0 Å². The van der Waals surface area contributed by atoms with Crippen LogP contribution in [0.1, 0.15) is 101 Å². The van der Waals surface area contributed by atoms with Crippen LogP contribution in [0.5, 0.6) is 0 Å². The molecule has 0 spiro atoms. The molecule has 0 aromatic heterocycles. The summed E-state index contributed by atoms with van der Waals surface area (Å²) in [4.78, 5) is 2.61. The van der Waals surface area contributed by atoms with E-state index < -0.39 is 0 Å². The molecule has 1 nitrogen and oxygen atoms in total. The fourth-order valence-corrected chi connectivity index (χ4v) is 4.47. The van der Waals surface area contributed by atoms with E-state index in [9.17, 15) is 0 Å². The molecule has 0 bridgehead atoms. The molecule has 0 aliphatic rings. The second-order valence-corrected chi connectivity index (χ2v) is 9.36. The Morgan fingerprint density at radius 3 is 1.28 bits per heavy atom. The molecule has 176 valence electrons. The van der Waals surface area contributed by atoms with Gasteiger partial charge in [0.2, 0.25) is 0 Å². The summed E-state index contributed by atoms with van der Waals surface area (Å²) in [5.74, 6) is 0. The summed E-state index contributed by atoms with van der Waals surface area (Å²) in [5.41, 5.74) is 2.83. The number of nitrogens with zero attached hydrogens (tertiary/aromatic N) is 1. The highest BCUT2D eigenvalue weighted by Crippen LogP contribution is 2.15. The first-order valence-corrected chi connectivity index (χ1v) is 13.3. The molecule has 2 aromatic carbocycles. The van der Waals surface area contributed by atoms with Gasteiger partial charge in [0.05, 0.1) is 0 Å². The molecule has 0 heterocycles. The molecule has 2 rings (SSSR count). The van der Waals surface area contributed by atoms with Crippen molar-refractivity contribution in [1.29, 1.82) is 0 Å². The van der Waals surface area contributed by atoms with E-state index in [-0.39, 0.29) is 0 Å². The van der Waals surface area contributed by atoms with Crippen molar-refractivity contribution in [3.05, 3.63) is 84.4 Å². The molecule has 1 heteroatoms. The standard InChI is InChI=1S/C31H47N/c1-2-3-4-5-6-7-8-9-10-11-12-13-14-15-22-27-32(28-30-23-18-16-19-24-30)29-31-25-20-17-21-26-31/h2,16-21,23-26H,1,3-15,22,27-29H2. The summed E-state index contributed by atoms with van der Waals surface area (Å²) in [5, 5.41) is 0. The van der Waals surface area contributed by atoms with Gasteiger partial charge in [-0.3, -0.25) is 4.90 Å². The van der Waals surface area contributed by atoms with E-state index in [0.717, 1.165) is 13.1 Å². The molecular formula is C31H47N. The predicted octanol–water partition coefficient (Wildman–Crippen LogP) is 9.34. The Kier molecular flexibility index (Phi) is 15.4. The van der Waals surface area contributed by atoms with Crippen molar-refractivity contribution in [2.24, 2.45) is 0 Å². The molecule has 0 fully saturated rings. The molecule has 0 radical (unpaired) electrons. The van der Waals surface area contributed by atoms with Gasteiger partial charge in [-0.15, -0.1) is 6.58 Å². The molecule has 0 amide bonds. The third kappa shape index (κ3) is 13.5. The molecule has 2 aromatic rings. The van der Waals surface area contributed by atoms with E-state index in [0.29, 0.717) is 0 Å². The summed E-state index contributed by atoms with van der Waals surface area (Å²) < 4.78 is 0. The summed E-state index contributed by atoms with van der Waals surface area (Å²) in [6.45, 7) is 7.08. The summed E-state index contributed by atoms with van der Waals surface area (Å²) in [7, 11) is 0. The van der Waals surface area contributed by atoms with Crippen molar-refractivity contribution >= 4 is 0 Å². The maximum Gasteiger partial charge on any atom is 0.0237 e. The predicted molar refractivity (Wildman–Crippen MR) is 142 cm³/mol. The van der Waals surface area contributed by atoms with Gasteiger partial charge in [0.25, 0.3) is 0 Å². The monoisotopic (exact) mass is 433 g/mol. The Morgan fingerprint density at radius 2 is 0.875 bits per heavy atom. The Bertz CT molecular complexity index is 622. The molecule has 0 unspecified atom stereocenters. The van der Waals surface area contributed by atoms with Crippen LogP contribution in [0.4, 0.5) is 0 Å². The van der Waals surface area contributed by atoms with Crippen LogP contribution in [0.15, 0.2) is 73.3 Å². The van der Waals surface area contributed by atoms with E-state index in [1.165, 1.54) is 108 Å². The third-order valence-electron chi connectivity index (χ3n) is 6.38. The van der Waals surface area contributed by atoms with Crippen LogP contribution >= 0.6 is 0 Å². The summed E-state index contributed by atoms with van der Waals surface area (Å²) in [6, 6.07) is 21.8. The Hall–Kier alpha value is -1.86. The van der Waals surface area contributed by atoms with Crippen molar-refractivity contribution in [2.45, 2.75) is 103 Å². The van der Waals surface area contributed by atoms with Crippen LogP contribution in [0.2, 0.25) is 0 Å². The number of hydrogen-bond donors (Lipinski definition) is 0. The van der Waals surface area contributed by atoms with E-state index in [1.807, 2.05) is 6.08 Å². The lowest BCUT2D eigenvalue weighted by atomic mass is 10.0. The maximum atomic E-state index is 3.80. The quantitative estimate of drug-likeness (QED) is 0.148. The van der Waals surface area contributed by atoms with Crippen molar-refractivity contribution in [3.8, 4) is 0 Å². The Morgan fingerprint density at radius 1 is 0.500 bits per heavy atom. The van der Waals surface area contributed by atoms with Crippen LogP contribution in [-0.2, 0) is 13.1 Å². The second-order valence-electron chi connectivity index (χ2n) is 9.36. The number of benzene rings is 2. The molecule has 0 N–H and O–H groups in total. The first-order chi connectivity index (χ1) is 15.9. The van der Waals surface area contributed by atoms with Crippen LogP contribution in [0, 0.1) is 0 Å². The van der Waals surface area contributed by atoms with Crippen molar-refractivity contribution < 1.29 is 0 Å². The highest BCUT2D eigenvalue weighted by molar-refractivity contribution is 5.17. The Labute approximate surface area is 198 Å². The molecule has 0 aliphatic heterocycles. The van der Waals surface area contributed by atoms with Crippen molar-refractivity contribution in [2.75, 3.05) is 6.54 Å². The van der Waals surface area contributed by atoms with Crippen LogP contribution in [0.25, 0.3) is 0 Å². The molecule has 0 atom stereocenters. The number of rotatable bonds is 20. The lowest BCUT2D eigenvalue weighted by Crippen LogP contribution is -2.24. The third-order valence-corrected chi connectivity index (χ3v) is 6.38. The number of allylic oxidation sites excluding steroid dienone is 1. The lowest BCUT2D eigenvalue weighted by Gasteiger charge is -2.22. The van der Waals surface area contributed by atoms with E-state index in [4.69, 9.17) is 0 Å². The maximum absolute atomic E-state index is 3.80. The SMILES string of the molecule is C=CCCCCCCCCCCCCCCCN(Cc1ccccc1)Cc1ccccc1. The van der Waals surface area contributed by atoms with Gasteiger partial charge >= 0.3 is 0 Å². The van der Waals surface area contributed by atoms with Crippen molar-refractivity contribution in [1.82, 2.24) is 4.90 Å². The summed E-state index contributed by atoms with van der Waals surface area (Å²) >= 11 is 0. The largest absolute Gasteiger partial charge is 0.295 e. The van der Waals surface area contributed by atoms with Gasteiger partial charge in [-0.05, 0) is 36.9 Å². The molecule has 0 saturated carbocycles. The van der Waals surface area contributed by atoms with Gasteiger partial charge in [0.1, 0.15) is 0 Å². The molecular weight excluding hydrogens is 386 g/mol. The fraction of sp³-hybridized carbons (Fsp3) is 0.548. The first-order valence-electron chi connectivity index (χ1n) is 13.3. The topological polar surface area (TPSA) is 3.24 Å². The van der Waals surface area contributed by atoms with Gasteiger partial charge in [0, 0.05) is 13.1 Å². The highest BCUT2D eigenvalue weighted by Gasteiger charge is 2.07. The van der Waals surface area contributed by atoms with Gasteiger partial charge < -0.3 is 0 Å². The van der Waals surface area contributed by atoms with Crippen molar-refractivity contribution in [3.63, 3.8) is 0 Å². The zero-order valence-corrected chi connectivity index (χ0v) is 20.5. The number of unbranched alkanes of at least 4 members (excludes halogenated alkanes) is 13. The van der Waals surface area contributed by atoms with Gasteiger partial charge in [-0.25, -0.2) is 0 Å². The summed E-state index contributed by atoms with van der Waals surface area (Å²) in [6.07, 6.45) is 21.5. The zero-order chi connectivity index (χ0) is 22.5. The van der Waals surface area contributed by atoms with Crippen LogP contribution in [-0.4, -0.2) is 11.4 Å². The second kappa shape index (κ2) is 18.7. The average Bonchev–Trinajstić information content (AvgIpc) is 2.83. The van der Waals surface area contributed by atoms with E-state index in [2.05, 4.69) is 72.1 Å². The highest BCUT2D eigenvalue weighted by atomic mass is 15.1. The normalized spacial score (nSPS) is 11.2. The molecule has 0 aliphatic carbocycles. The minimum atomic E-state index is 1.05. The fourth-order valence-electron chi connectivity index (χ4n) is 4.47.